The standard InChI is InChI=1S/C22H22Cl2N2O4/c1-3-18-19(21(27)29-4-2)20(26-22(28)25-18)13-7-5-8-14(11-13)30-12-15-16(23)9-6-10-17(15)24/h5-11,20H,3-4,12H2,1-2H3,(H2,25,26,28). The van der Waals surface area contributed by atoms with Crippen molar-refractivity contribution >= 4 is 35.2 Å². The van der Waals surface area contributed by atoms with Crippen LogP contribution in [0.4, 0.5) is 4.79 Å². The van der Waals surface area contributed by atoms with Gasteiger partial charge in [-0.05, 0) is 43.2 Å². The van der Waals surface area contributed by atoms with Gasteiger partial charge in [-0.15, -0.1) is 0 Å². The van der Waals surface area contributed by atoms with Crippen molar-refractivity contribution in [3.8, 4) is 5.75 Å². The van der Waals surface area contributed by atoms with Crippen molar-refractivity contribution in [2.75, 3.05) is 6.61 Å². The Balaban J connectivity index is 1.89. The van der Waals surface area contributed by atoms with Crippen LogP contribution in [0.25, 0.3) is 0 Å². The van der Waals surface area contributed by atoms with Crippen LogP contribution in [0.3, 0.4) is 0 Å². The van der Waals surface area contributed by atoms with E-state index in [1.165, 1.54) is 0 Å². The first-order chi connectivity index (χ1) is 14.4. The summed E-state index contributed by atoms with van der Waals surface area (Å²) in [5, 5.41) is 6.53. The van der Waals surface area contributed by atoms with Gasteiger partial charge in [-0.2, -0.15) is 0 Å². The van der Waals surface area contributed by atoms with Crippen molar-refractivity contribution in [2.45, 2.75) is 32.9 Å². The van der Waals surface area contributed by atoms with E-state index >= 15 is 0 Å². The number of hydrogen-bond acceptors (Lipinski definition) is 4. The molecule has 0 saturated carbocycles. The summed E-state index contributed by atoms with van der Waals surface area (Å²) in [6.07, 6.45) is 0.485. The molecule has 2 N–H and O–H groups in total. The number of ether oxygens (including phenoxy) is 2. The molecule has 1 aliphatic rings. The lowest BCUT2D eigenvalue weighted by Crippen LogP contribution is -2.45. The second-order valence-electron chi connectivity index (χ2n) is 6.56. The summed E-state index contributed by atoms with van der Waals surface area (Å²) in [5.41, 5.74) is 2.30. The average molecular weight is 449 g/mol. The smallest absolute Gasteiger partial charge is 0.338 e. The number of amides is 2. The van der Waals surface area contributed by atoms with Gasteiger partial charge < -0.3 is 20.1 Å². The van der Waals surface area contributed by atoms with Gasteiger partial charge in [0.25, 0.3) is 0 Å². The third-order valence-electron chi connectivity index (χ3n) is 4.64. The lowest BCUT2D eigenvalue weighted by molar-refractivity contribution is -0.139. The minimum absolute atomic E-state index is 0.182. The number of allylic oxidation sites excluding steroid dienone is 1. The number of carbonyl (C=O) groups is 2. The molecular weight excluding hydrogens is 427 g/mol. The van der Waals surface area contributed by atoms with Gasteiger partial charge in [0.05, 0.1) is 18.2 Å². The molecule has 0 spiro atoms. The van der Waals surface area contributed by atoms with Crippen LogP contribution in [-0.2, 0) is 16.1 Å². The van der Waals surface area contributed by atoms with E-state index in [0.717, 1.165) is 0 Å². The SMILES string of the molecule is CCOC(=O)C1=C(CC)NC(=O)NC1c1cccc(OCc2c(Cl)cccc2Cl)c1. The number of nitrogens with one attached hydrogen (secondary N) is 2. The van der Waals surface area contributed by atoms with Gasteiger partial charge in [0, 0.05) is 21.3 Å². The monoisotopic (exact) mass is 448 g/mol. The molecule has 1 unspecified atom stereocenters. The molecule has 6 nitrogen and oxygen atoms in total. The van der Waals surface area contributed by atoms with Crippen LogP contribution in [0.15, 0.2) is 53.7 Å². The van der Waals surface area contributed by atoms with Crippen molar-refractivity contribution < 1.29 is 19.1 Å². The second kappa shape index (κ2) is 9.87. The average Bonchev–Trinajstić information content (AvgIpc) is 2.73. The molecule has 0 radical (unpaired) electrons. The molecule has 2 aromatic carbocycles. The Kier molecular flexibility index (Phi) is 7.24. The van der Waals surface area contributed by atoms with Crippen LogP contribution in [0.5, 0.6) is 5.75 Å². The van der Waals surface area contributed by atoms with Crippen LogP contribution < -0.4 is 15.4 Å². The zero-order chi connectivity index (χ0) is 21.7. The topological polar surface area (TPSA) is 76.7 Å². The highest BCUT2D eigenvalue weighted by Gasteiger charge is 2.33. The summed E-state index contributed by atoms with van der Waals surface area (Å²) in [6.45, 7) is 4.02. The molecule has 1 aliphatic heterocycles. The van der Waals surface area contributed by atoms with E-state index < -0.39 is 12.0 Å². The summed E-state index contributed by atoms with van der Waals surface area (Å²) in [6, 6.07) is 11.4. The zero-order valence-corrected chi connectivity index (χ0v) is 18.1. The van der Waals surface area contributed by atoms with Gasteiger partial charge in [0.15, 0.2) is 0 Å². The molecule has 0 saturated heterocycles. The minimum Gasteiger partial charge on any atom is -0.489 e. The van der Waals surface area contributed by atoms with E-state index in [9.17, 15) is 9.59 Å². The zero-order valence-electron chi connectivity index (χ0n) is 16.6. The lowest BCUT2D eigenvalue weighted by Gasteiger charge is -2.29. The van der Waals surface area contributed by atoms with Gasteiger partial charge in [-0.3, -0.25) is 0 Å². The van der Waals surface area contributed by atoms with Gasteiger partial charge >= 0.3 is 12.0 Å². The Morgan fingerprint density at radius 3 is 2.47 bits per heavy atom. The first-order valence-corrected chi connectivity index (χ1v) is 10.3. The molecule has 3 rings (SSSR count). The fourth-order valence-corrected chi connectivity index (χ4v) is 3.71. The fourth-order valence-electron chi connectivity index (χ4n) is 3.21. The molecule has 8 heteroatoms. The summed E-state index contributed by atoms with van der Waals surface area (Å²) in [5.74, 6) is 0.0820. The molecule has 158 valence electrons. The highest BCUT2D eigenvalue weighted by molar-refractivity contribution is 6.35. The molecule has 2 amide bonds. The van der Waals surface area contributed by atoms with Crippen molar-refractivity contribution in [1.29, 1.82) is 0 Å². The molecule has 0 fully saturated rings. The number of carbonyl (C=O) groups excluding carboxylic acids is 2. The summed E-state index contributed by atoms with van der Waals surface area (Å²) in [4.78, 5) is 24.7. The molecular formula is C22H22Cl2N2O4. The highest BCUT2D eigenvalue weighted by Crippen LogP contribution is 2.31. The van der Waals surface area contributed by atoms with Crippen LogP contribution in [0, 0.1) is 0 Å². The van der Waals surface area contributed by atoms with E-state index in [2.05, 4.69) is 10.6 Å². The van der Waals surface area contributed by atoms with Gasteiger partial charge in [-0.25, -0.2) is 9.59 Å². The summed E-state index contributed by atoms with van der Waals surface area (Å²) in [7, 11) is 0. The van der Waals surface area contributed by atoms with Crippen molar-refractivity contribution in [1.82, 2.24) is 10.6 Å². The Labute approximate surface area is 185 Å². The van der Waals surface area contributed by atoms with Gasteiger partial charge in [0.2, 0.25) is 0 Å². The summed E-state index contributed by atoms with van der Waals surface area (Å²) < 4.78 is 11.1. The largest absolute Gasteiger partial charge is 0.489 e. The quantitative estimate of drug-likeness (QED) is 0.573. The fraction of sp³-hybridized carbons (Fsp3) is 0.273. The lowest BCUT2D eigenvalue weighted by atomic mass is 9.94. The number of rotatable bonds is 7. The number of esters is 1. The Morgan fingerprint density at radius 1 is 1.10 bits per heavy atom. The first-order valence-electron chi connectivity index (χ1n) is 9.57. The second-order valence-corrected chi connectivity index (χ2v) is 7.37. The number of halogens is 2. The van der Waals surface area contributed by atoms with Crippen molar-refractivity contribution in [3.05, 3.63) is 74.9 Å². The van der Waals surface area contributed by atoms with Crippen molar-refractivity contribution in [3.63, 3.8) is 0 Å². The van der Waals surface area contributed by atoms with Crippen LogP contribution in [-0.4, -0.2) is 18.6 Å². The Hall–Kier alpha value is -2.70. The molecule has 0 bridgehead atoms. The first kappa shape index (κ1) is 22.0. The number of urea groups is 1. The van der Waals surface area contributed by atoms with E-state index in [1.807, 2.05) is 13.0 Å². The third-order valence-corrected chi connectivity index (χ3v) is 5.35. The normalized spacial score (nSPS) is 16.0. The Bertz CT molecular complexity index is 971. The molecule has 1 heterocycles. The van der Waals surface area contributed by atoms with E-state index in [-0.39, 0.29) is 19.2 Å². The van der Waals surface area contributed by atoms with Crippen LogP contribution in [0.1, 0.15) is 37.4 Å². The molecule has 30 heavy (non-hydrogen) atoms. The van der Waals surface area contributed by atoms with Crippen LogP contribution in [0.2, 0.25) is 10.0 Å². The minimum atomic E-state index is -0.653. The van der Waals surface area contributed by atoms with E-state index in [0.29, 0.717) is 44.6 Å². The number of hydrogen-bond donors (Lipinski definition) is 2. The highest BCUT2D eigenvalue weighted by atomic mass is 35.5. The molecule has 2 aromatic rings. The maximum Gasteiger partial charge on any atom is 0.338 e. The van der Waals surface area contributed by atoms with Crippen molar-refractivity contribution in [2.24, 2.45) is 0 Å². The maximum absolute atomic E-state index is 12.6. The molecule has 0 aromatic heterocycles. The predicted octanol–water partition coefficient (Wildman–Crippen LogP) is 5.15. The third kappa shape index (κ3) is 4.89. The van der Waals surface area contributed by atoms with Gasteiger partial charge in [0.1, 0.15) is 12.4 Å². The molecule has 0 aliphatic carbocycles. The maximum atomic E-state index is 12.6. The number of benzene rings is 2. The van der Waals surface area contributed by atoms with Crippen LogP contribution >= 0.6 is 23.2 Å². The van der Waals surface area contributed by atoms with E-state index in [1.54, 1.807) is 43.3 Å². The van der Waals surface area contributed by atoms with Gasteiger partial charge in [-0.1, -0.05) is 48.3 Å². The Morgan fingerprint density at radius 2 is 1.80 bits per heavy atom. The predicted molar refractivity (Wildman–Crippen MR) is 116 cm³/mol. The molecule has 1 atom stereocenters. The van der Waals surface area contributed by atoms with E-state index in [4.69, 9.17) is 32.7 Å². The summed E-state index contributed by atoms with van der Waals surface area (Å²) >= 11 is 12.4.